The Balaban J connectivity index is 1.75. The van der Waals surface area contributed by atoms with E-state index in [4.69, 9.17) is 5.26 Å². The smallest absolute Gasteiger partial charge is 0.265 e. The normalized spacial score (nSPS) is 14.0. The van der Waals surface area contributed by atoms with Crippen LogP contribution in [0.15, 0.2) is 60.5 Å². The van der Waals surface area contributed by atoms with Gasteiger partial charge in [-0.3, -0.25) is 4.73 Å². The van der Waals surface area contributed by atoms with Gasteiger partial charge in [-0.15, -0.1) is 16.0 Å². The highest BCUT2D eigenvalue weighted by Crippen LogP contribution is 2.41. The number of thiazole rings is 1. The molecule has 2 heterocycles. The molecule has 0 aliphatic carbocycles. The van der Waals surface area contributed by atoms with Gasteiger partial charge >= 0.3 is 0 Å². The minimum absolute atomic E-state index is 0.256. The molecule has 2 aromatic heterocycles. The van der Waals surface area contributed by atoms with E-state index in [0.717, 1.165) is 36.4 Å². The standard InChI is InChI=1S/C22H17F2N5O2S/c1-14(21-27-20(10-32-21)16-4-2-15(9-25)3-5-16)22(30,11-28-13-29(31)12-26-28)18-8-17(23)6-7-19(18)24/h2-8,10,12-14,30H,11H2,1H3/t14-,22+/m0/s1. The highest BCUT2D eigenvalue weighted by molar-refractivity contribution is 7.10. The molecule has 0 aliphatic rings. The van der Waals surface area contributed by atoms with Crippen LogP contribution in [0.3, 0.4) is 0 Å². The third-order valence-electron chi connectivity index (χ3n) is 5.28. The van der Waals surface area contributed by atoms with Crippen LogP contribution in [-0.2, 0) is 12.1 Å². The molecule has 0 radical (unpaired) electrons. The molecular formula is C22H17F2N5O2S. The van der Waals surface area contributed by atoms with Gasteiger partial charge in [0.1, 0.15) is 23.8 Å². The largest absolute Gasteiger partial charge is 0.740 e. The molecular weight excluding hydrogens is 436 g/mol. The van der Waals surface area contributed by atoms with Crippen LogP contribution in [-0.4, -0.2) is 19.9 Å². The second kappa shape index (κ2) is 8.45. The maximum Gasteiger partial charge on any atom is 0.265 e. The zero-order valence-corrected chi connectivity index (χ0v) is 17.6. The number of benzene rings is 2. The molecule has 4 aromatic rings. The number of nitriles is 1. The second-order valence-corrected chi connectivity index (χ2v) is 8.22. The van der Waals surface area contributed by atoms with E-state index >= 15 is 0 Å². The zero-order valence-electron chi connectivity index (χ0n) is 16.8. The number of rotatable bonds is 6. The molecule has 0 aliphatic heterocycles. The van der Waals surface area contributed by atoms with Crippen molar-refractivity contribution in [3.05, 3.63) is 93.5 Å². The number of halogens is 2. The van der Waals surface area contributed by atoms with Crippen LogP contribution in [0.2, 0.25) is 0 Å². The Morgan fingerprint density at radius 1 is 1.28 bits per heavy atom. The van der Waals surface area contributed by atoms with E-state index in [2.05, 4.69) is 16.2 Å². The molecule has 4 rings (SSSR count). The summed E-state index contributed by atoms with van der Waals surface area (Å²) >= 11 is 1.26. The van der Waals surface area contributed by atoms with Gasteiger partial charge in [-0.2, -0.15) is 5.26 Å². The molecule has 1 N–H and O–H groups in total. The van der Waals surface area contributed by atoms with Crippen molar-refractivity contribution in [3.63, 3.8) is 0 Å². The van der Waals surface area contributed by atoms with Crippen molar-refractivity contribution in [2.24, 2.45) is 0 Å². The van der Waals surface area contributed by atoms with Crippen LogP contribution >= 0.6 is 11.3 Å². The van der Waals surface area contributed by atoms with Crippen molar-refractivity contribution >= 4 is 11.3 Å². The average molecular weight is 453 g/mol. The molecule has 162 valence electrons. The first-order valence-corrected chi connectivity index (χ1v) is 10.4. The lowest BCUT2D eigenvalue weighted by Crippen LogP contribution is -2.38. The Hall–Kier alpha value is -3.68. The summed E-state index contributed by atoms with van der Waals surface area (Å²) in [6.45, 7) is 1.36. The van der Waals surface area contributed by atoms with E-state index in [1.165, 1.54) is 16.0 Å². The highest BCUT2D eigenvalue weighted by Gasteiger charge is 2.43. The minimum Gasteiger partial charge on any atom is -0.740 e. The van der Waals surface area contributed by atoms with Crippen molar-refractivity contribution in [2.75, 3.05) is 0 Å². The van der Waals surface area contributed by atoms with Gasteiger partial charge in [-0.25, -0.2) is 13.8 Å². The summed E-state index contributed by atoms with van der Waals surface area (Å²) in [5.74, 6) is -2.27. The predicted molar refractivity (Wildman–Crippen MR) is 112 cm³/mol. The summed E-state index contributed by atoms with van der Waals surface area (Å²) in [4.78, 5) is 4.59. The number of nitrogens with zero attached hydrogens (tertiary/aromatic N) is 5. The van der Waals surface area contributed by atoms with Crippen LogP contribution in [0.5, 0.6) is 0 Å². The first kappa shape index (κ1) is 21.5. The van der Waals surface area contributed by atoms with Gasteiger partial charge in [-0.1, -0.05) is 19.1 Å². The van der Waals surface area contributed by atoms with Crippen molar-refractivity contribution in [1.82, 2.24) is 14.8 Å². The fourth-order valence-electron chi connectivity index (χ4n) is 3.46. The van der Waals surface area contributed by atoms with Crippen molar-refractivity contribution in [1.29, 1.82) is 5.26 Å². The summed E-state index contributed by atoms with van der Waals surface area (Å²) in [5, 5.41) is 38.2. The summed E-state index contributed by atoms with van der Waals surface area (Å²) in [6, 6.07) is 11.8. The van der Waals surface area contributed by atoms with Gasteiger partial charge in [0.2, 0.25) is 6.33 Å². The lowest BCUT2D eigenvalue weighted by atomic mass is 9.82. The Morgan fingerprint density at radius 3 is 2.69 bits per heavy atom. The van der Waals surface area contributed by atoms with Crippen LogP contribution in [0.4, 0.5) is 8.78 Å². The number of hydrogen-bond acceptors (Lipinski definition) is 6. The number of aromatic nitrogens is 4. The second-order valence-electron chi connectivity index (χ2n) is 7.33. The van der Waals surface area contributed by atoms with E-state index in [1.807, 2.05) is 0 Å². The van der Waals surface area contributed by atoms with Crippen molar-refractivity contribution in [2.45, 2.75) is 25.0 Å². The maximum absolute atomic E-state index is 14.7. The summed E-state index contributed by atoms with van der Waals surface area (Å²) < 4.78 is 30.3. The van der Waals surface area contributed by atoms with E-state index in [1.54, 1.807) is 36.6 Å². The van der Waals surface area contributed by atoms with Crippen molar-refractivity contribution in [3.8, 4) is 17.3 Å². The Bertz CT molecular complexity index is 1300. The Morgan fingerprint density at radius 2 is 2.03 bits per heavy atom. The molecule has 2 aromatic carbocycles. The summed E-state index contributed by atoms with van der Waals surface area (Å²) in [5.41, 5.74) is -0.291. The fraction of sp³-hybridized carbons (Fsp3) is 0.182. The van der Waals surface area contributed by atoms with E-state index in [-0.39, 0.29) is 12.1 Å². The lowest BCUT2D eigenvalue weighted by Gasteiger charge is -2.32. The third kappa shape index (κ3) is 4.08. The summed E-state index contributed by atoms with van der Waals surface area (Å²) in [7, 11) is 0. The molecule has 32 heavy (non-hydrogen) atoms. The molecule has 0 fully saturated rings. The van der Waals surface area contributed by atoms with Crippen LogP contribution in [0.1, 0.15) is 29.0 Å². The molecule has 0 unspecified atom stereocenters. The first-order valence-electron chi connectivity index (χ1n) is 9.55. The molecule has 0 spiro atoms. The third-order valence-corrected chi connectivity index (χ3v) is 6.30. The predicted octanol–water partition coefficient (Wildman–Crippen LogP) is 3.48. The quantitative estimate of drug-likeness (QED) is 0.356. The van der Waals surface area contributed by atoms with Gasteiger partial charge < -0.3 is 10.3 Å². The van der Waals surface area contributed by atoms with E-state index < -0.39 is 23.2 Å². The molecule has 7 nitrogen and oxygen atoms in total. The topological polar surface area (TPSA) is 102 Å². The SMILES string of the molecule is C[C@@H](c1nc(-c2ccc(C#N)cc2)cs1)[C@](O)(Cn1c[n+]([O-])cn1)c1cc(F)ccc1F. The summed E-state index contributed by atoms with van der Waals surface area (Å²) in [6.07, 6.45) is 2.10. The highest BCUT2D eigenvalue weighted by atomic mass is 32.1. The van der Waals surface area contributed by atoms with Crippen LogP contribution in [0, 0.1) is 28.2 Å². The van der Waals surface area contributed by atoms with Gasteiger partial charge in [-0.05, 0) is 30.3 Å². The van der Waals surface area contributed by atoms with Gasteiger partial charge in [0.05, 0.1) is 22.3 Å². The minimum atomic E-state index is -1.95. The van der Waals surface area contributed by atoms with E-state index in [0.29, 0.717) is 21.0 Å². The Labute approximate surface area is 186 Å². The molecule has 0 bridgehead atoms. The van der Waals surface area contributed by atoms with Gasteiger partial charge in [0, 0.05) is 27.5 Å². The zero-order chi connectivity index (χ0) is 22.9. The first-order chi connectivity index (χ1) is 15.3. The molecule has 10 heteroatoms. The molecule has 0 amide bonds. The molecule has 2 atom stereocenters. The monoisotopic (exact) mass is 453 g/mol. The van der Waals surface area contributed by atoms with Gasteiger partial charge in [0.15, 0.2) is 0 Å². The molecule has 0 saturated carbocycles. The number of aliphatic hydroxyl groups is 1. The van der Waals surface area contributed by atoms with E-state index in [9.17, 15) is 19.1 Å². The van der Waals surface area contributed by atoms with Gasteiger partial charge in [0.25, 0.3) is 6.33 Å². The fourth-order valence-corrected chi connectivity index (χ4v) is 4.43. The number of hydrogen-bond donors (Lipinski definition) is 1. The molecule has 0 saturated heterocycles. The van der Waals surface area contributed by atoms with Crippen molar-refractivity contribution < 1.29 is 18.6 Å². The average Bonchev–Trinajstić information content (AvgIpc) is 3.44. The maximum atomic E-state index is 14.7. The Kier molecular flexibility index (Phi) is 5.69. The van der Waals surface area contributed by atoms with Crippen LogP contribution in [0.25, 0.3) is 11.3 Å². The lowest BCUT2D eigenvalue weighted by molar-refractivity contribution is -0.606. The van der Waals surface area contributed by atoms with Crippen LogP contribution < -0.4 is 4.73 Å².